The Hall–Kier alpha value is -3.44. The molecule has 1 aliphatic rings. The third kappa shape index (κ3) is 3.06. The number of nitriles is 1. The summed E-state index contributed by atoms with van der Waals surface area (Å²) in [6.07, 6.45) is 3.00. The number of aromatic nitrogens is 1. The van der Waals surface area contributed by atoms with Crippen molar-refractivity contribution < 1.29 is 17.5 Å². The van der Waals surface area contributed by atoms with Gasteiger partial charge in [0.1, 0.15) is 18.1 Å². The number of ether oxygens (including phenoxy) is 1. The van der Waals surface area contributed by atoms with E-state index < -0.39 is 15.8 Å². The van der Waals surface area contributed by atoms with Gasteiger partial charge in [-0.15, -0.1) is 0 Å². The molecule has 2 heterocycles. The Balaban J connectivity index is 1.81. The standard InChI is InChI=1S/C20H14FN3O3S/c21-16-2-1-3-17(10-16)28(25,26)24-8-9-27-20-18(12-23-13-19(20)24)15-6-4-14(11-22)5-7-15/h1-7,10,12-13H,8-9H2. The van der Waals surface area contributed by atoms with Gasteiger partial charge in [0.15, 0.2) is 5.75 Å². The van der Waals surface area contributed by atoms with Crippen LogP contribution in [0.1, 0.15) is 5.56 Å². The predicted molar refractivity (Wildman–Crippen MR) is 101 cm³/mol. The maximum atomic E-state index is 13.6. The van der Waals surface area contributed by atoms with Crippen LogP contribution in [0.3, 0.4) is 0 Å². The molecule has 4 rings (SSSR count). The highest BCUT2D eigenvalue weighted by Crippen LogP contribution is 2.41. The molecule has 0 spiro atoms. The second-order valence-corrected chi connectivity index (χ2v) is 7.97. The molecule has 6 nitrogen and oxygen atoms in total. The molecule has 3 aromatic rings. The van der Waals surface area contributed by atoms with Gasteiger partial charge < -0.3 is 4.74 Å². The van der Waals surface area contributed by atoms with Crippen LogP contribution in [0.25, 0.3) is 11.1 Å². The molecule has 28 heavy (non-hydrogen) atoms. The normalized spacial score (nSPS) is 13.4. The highest BCUT2D eigenvalue weighted by atomic mass is 32.2. The first-order chi connectivity index (χ1) is 13.5. The van der Waals surface area contributed by atoms with E-state index in [1.165, 1.54) is 28.7 Å². The van der Waals surface area contributed by atoms with Gasteiger partial charge >= 0.3 is 0 Å². The minimum Gasteiger partial charge on any atom is -0.489 e. The average molecular weight is 395 g/mol. The zero-order valence-electron chi connectivity index (χ0n) is 14.5. The first-order valence-electron chi connectivity index (χ1n) is 8.40. The molecule has 0 saturated carbocycles. The number of halogens is 1. The number of fused-ring (bicyclic) bond motifs is 1. The first-order valence-corrected chi connectivity index (χ1v) is 9.84. The van der Waals surface area contributed by atoms with Crippen LogP contribution in [0.5, 0.6) is 5.75 Å². The summed E-state index contributed by atoms with van der Waals surface area (Å²) in [7, 11) is -3.98. The molecule has 0 aliphatic carbocycles. The third-order valence-corrected chi connectivity index (χ3v) is 6.21. The van der Waals surface area contributed by atoms with Crippen LogP contribution in [-0.4, -0.2) is 26.6 Å². The molecule has 0 amide bonds. The van der Waals surface area contributed by atoms with Gasteiger partial charge in [-0.2, -0.15) is 5.26 Å². The lowest BCUT2D eigenvalue weighted by Gasteiger charge is -2.31. The minimum atomic E-state index is -3.98. The lowest BCUT2D eigenvalue weighted by molar-refractivity contribution is 0.316. The molecule has 8 heteroatoms. The first kappa shape index (κ1) is 17.9. The van der Waals surface area contributed by atoms with Gasteiger partial charge in [0.2, 0.25) is 0 Å². The van der Waals surface area contributed by atoms with Crippen molar-refractivity contribution in [3.63, 3.8) is 0 Å². The number of sulfonamides is 1. The Morgan fingerprint density at radius 3 is 2.64 bits per heavy atom. The quantitative estimate of drug-likeness (QED) is 0.679. The second-order valence-electron chi connectivity index (χ2n) is 6.11. The largest absolute Gasteiger partial charge is 0.489 e. The Labute approximate surface area is 161 Å². The number of pyridine rings is 1. The maximum absolute atomic E-state index is 13.6. The van der Waals surface area contributed by atoms with Crippen LogP contribution < -0.4 is 9.04 Å². The molecule has 1 aromatic heterocycles. The van der Waals surface area contributed by atoms with Gasteiger partial charge in [-0.3, -0.25) is 9.29 Å². The second kappa shape index (κ2) is 6.94. The number of benzene rings is 2. The summed E-state index contributed by atoms with van der Waals surface area (Å²) in [4.78, 5) is 4.03. The van der Waals surface area contributed by atoms with Gasteiger partial charge in [0, 0.05) is 11.8 Å². The number of hydrogen-bond donors (Lipinski definition) is 0. The van der Waals surface area contributed by atoms with E-state index in [9.17, 15) is 12.8 Å². The zero-order chi connectivity index (χ0) is 19.7. The van der Waals surface area contributed by atoms with E-state index in [0.29, 0.717) is 16.9 Å². The third-order valence-electron chi connectivity index (χ3n) is 4.40. The van der Waals surface area contributed by atoms with Crippen LogP contribution >= 0.6 is 0 Å². The molecular formula is C20H14FN3O3S. The van der Waals surface area contributed by atoms with Crippen LogP contribution in [0.2, 0.25) is 0 Å². The summed E-state index contributed by atoms with van der Waals surface area (Å²) >= 11 is 0. The number of rotatable bonds is 3. The summed E-state index contributed by atoms with van der Waals surface area (Å²) in [6, 6.07) is 13.8. The summed E-state index contributed by atoms with van der Waals surface area (Å²) in [5.41, 5.74) is 2.16. The molecule has 0 atom stereocenters. The molecule has 0 bridgehead atoms. The van der Waals surface area contributed by atoms with E-state index in [4.69, 9.17) is 10.00 Å². The molecule has 0 unspecified atom stereocenters. The van der Waals surface area contributed by atoms with Crippen LogP contribution in [-0.2, 0) is 10.0 Å². The number of hydrogen-bond acceptors (Lipinski definition) is 5. The van der Waals surface area contributed by atoms with Gasteiger partial charge in [-0.25, -0.2) is 12.8 Å². The zero-order valence-corrected chi connectivity index (χ0v) is 15.4. The van der Waals surface area contributed by atoms with Crippen molar-refractivity contribution in [3.8, 4) is 22.9 Å². The molecule has 140 valence electrons. The Bertz CT molecular complexity index is 1190. The molecular weight excluding hydrogens is 381 g/mol. The van der Waals surface area contributed by atoms with Crippen molar-refractivity contribution in [2.75, 3.05) is 17.5 Å². The van der Waals surface area contributed by atoms with Gasteiger partial charge in [0.05, 0.1) is 29.3 Å². The molecule has 2 aromatic carbocycles. The fraction of sp³-hybridized carbons (Fsp3) is 0.100. The van der Waals surface area contributed by atoms with Crippen molar-refractivity contribution in [1.29, 1.82) is 5.26 Å². The molecule has 1 aliphatic heterocycles. The number of anilines is 1. The number of nitrogens with zero attached hydrogens (tertiary/aromatic N) is 3. The fourth-order valence-corrected chi connectivity index (χ4v) is 4.52. The lowest BCUT2D eigenvalue weighted by Crippen LogP contribution is -2.38. The van der Waals surface area contributed by atoms with E-state index >= 15 is 0 Å². The lowest BCUT2D eigenvalue weighted by atomic mass is 10.0. The maximum Gasteiger partial charge on any atom is 0.264 e. The van der Waals surface area contributed by atoms with E-state index in [0.717, 1.165) is 11.6 Å². The molecule has 0 N–H and O–H groups in total. The van der Waals surface area contributed by atoms with Gasteiger partial charge in [-0.1, -0.05) is 18.2 Å². The van der Waals surface area contributed by atoms with Crippen molar-refractivity contribution in [2.24, 2.45) is 0 Å². The summed E-state index contributed by atoms with van der Waals surface area (Å²) in [6.45, 7) is 0.235. The molecule has 0 radical (unpaired) electrons. The van der Waals surface area contributed by atoms with E-state index in [-0.39, 0.29) is 23.7 Å². The summed E-state index contributed by atoms with van der Waals surface area (Å²) in [5, 5.41) is 8.96. The van der Waals surface area contributed by atoms with E-state index in [2.05, 4.69) is 11.1 Å². The van der Waals surface area contributed by atoms with Crippen LogP contribution in [0.4, 0.5) is 10.1 Å². The van der Waals surface area contributed by atoms with Gasteiger partial charge in [-0.05, 0) is 35.9 Å². The summed E-state index contributed by atoms with van der Waals surface area (Å²) < 4.78 is 46.7. The van der Waals surface area contributed by atoms with Crippen LogP contribution in [0.15, 0.2) is 65.8 Å². The van der Waals surface area contributed by atoms with E-state index in [1.807, 2.05) is 0 Å². The van der Waals surface area contributed by atoms with Crippen molar-refractivity contribution in [1.82, 2.24) is 4.98 Å². The molecule has 0 fully saturated rings. The SMILES string of the molecule is N#Cc1ccc(-c2cncc3c2OCCN3S(=O)(=O)c2cccc(F)c2)cc1. The Morgan fingerprint density at radius 1 is 1.14 bits per heavy atom. The average Bonchev–Trinajstić information content (AvgIpc) is 2.73. The topological polar surface area (TPSA) is 83.3 Å². The monoisotopic (exact) mass is 395 g/mol. The van der Waals surface area contributed by atoms with E-state index in [1.54, 1.807) is 30.5 Å². The van der Waals surface area contributed by atoms with Crippen molar-refractivity contribution in [3.05, 3.63) is 72.3 Å². The van der Waals surface area contributed by atoms with Crippen LogP contribution in [0, 0.1) is 17.1 Å². The Morgan fingerprint density at radius 2 is 1.93 bits per heavy atom. The minimum absolute atomic E-state index is 0.0876. The Kier molecular flexibility index (Phi) is 4.45. The highest BCUT2D eigenvalue weighted by Gasteiger charge is 2.32. The smallest absolute Gasteiger partial charge is 0.264 e. The summed E-state index contributed by atoms with van der Waals surface area (Å²) in [5.74, 6) is -0.245. The van der Waals surface area contributed by atoms with Crippen molar-refractivity contribution in [2.45, 2.75) is 4.90 Å². The highest BCUT2D eigenvalue weighted by molar-refractivity contribution is 7.92. The fourth-order valence-electron chi connectivity index (χ4n) is 3.05. The predicted octanol–water partition coefficient (Wildman–Crippen LogP) is 3.35. The molecule has 0 saturated heterocycles. The van der Waals surface area contributed by atoms with Crippen molar-refractivity contribution >= 4 is 15.7 Å². The van der Waals surface area contributed by atoms with Gasteiger partial charge in [0.25, 0.3) is 10.0 Å².